The molecule has 3 saturated heterocycles. The van der Waals surface area contributed by atoms with Crippen molar-refractivity contribution in [1.29, 1.82) is 0 Å². The van der Waals surface area contributed by atoms with Gasteiger partial charge < -0.3 is 20.3 Å². The first-order valence-corrected chi connectivity index (χ1v) is 16.2. The van der Waals surface area contributed by atoms with Crippen LogP contribution in [0.25, 0.3) is 10.9 Å². The monoisotopic (exact) mass is 642 g/mol. The Labute approximate surface area is 263 Å². The number of aryl methyl sites for hydroxylation is 1. The van der Waals surface area contributed by atoms with Crippen LogP contribution in [0, 0.1) is 12.3 Å². The SMILES string of the molecule is Cc1cc2[nH]ncc2c(C2Cc3nc(OCC4(CN5CC[C@@H](F)C5)CC4)nc(N4CC5CC[C@](C)(C4)N5)c3C(=O)N2)c1C(F)(F)F. The average Bonchev–Trinajstić information content (AvgIpc) is 3.24. The van der Waals surface area contributed by atoms with E-state index >= 15 is 0 Å². The van der Waals surface area contributed by atoms with Gasteiger partial charge in [-0.1, -0.05) is 0 Å². The summed E-state index contributed by atoms with van der Waals surface area (Å²) in [5.74, 6) is -0.0578. The zero-order valence-electron chi connectivity index (χ0n) is 25.9. The molecule has 0 spiro atoms. The number of halogens is 4. The highest BCUT2D eigenvalue weighted by molar-refractivity contribution is 6.02. The summed E-state index contributed by atoms with van der Waals surface area (Å²) in [6, 6.07) is 0.784. The Morgan fingerprint density at radius 2 is 1.98 bits per heavy atom. The van der Waals surface area contributed by atoms with E-state index in [1.807, 2.05) is 0 Å². The number of benzene rings is 1. The smallest absolute Gasteiger partial charge is 0.417 e. The summed E-state index contributed by atoms with van der Waals surface area (Å²) in [6.45, 7) is 7.09. The first-order chi connectivity index (χ1) is 21.9. The number of H-pyrrole nitrogens is 1. The predicted octanol–water partition coefficient (Wildman–Crippen LogP) is 4.24. The van der Waals surface area contributed by atoms with Gasteiger partial charge in [-0.15, -0.1) is 0 Å². The Hall–Kier alpha value is -3.52. The van der Waals surface area contributed by atoms with E-state index in [1.54, 1.807) is 0 Å². The second kappa shape index (κ2) is 10.5. The Balaban J connectivity index is 1.16. The van der Waals surface area contributed by atoms with Crippen LogP contribution in [0.4, 0.5) is 23.4 Å². The lowest BCUT2D eigenvalue weighted by Crippen LogP contribution is -2.58. The van der Waals surface area contributed by atoms with E-state index in [4.69, 9.17) is 14.7 Å². The molecule has 6 heterocycles. The second-order valence-electron chi connectivity index (χ2n) is 14.4. The van der Waals surface area contributed by atoms with E-state index in [9.17, 15) is 22.4 Å². The van der Waals surface area contributed by atoms with Gasteiger partial charge in [0.2, 0.25) is 0 Å². The number of hydrogen-bond acceptors (Lipinski definition) is 8. The predicted molar refractivity (Wildman–Crippen MR) is 162 cm³/mol. The number of nitrogens with one attached hydrogen (secondary N) is 3. The van der Waals surface area contributed by atoms with Gasteiger partial charge in [-0.25, -0.2) is 4.39 Å². The summed E-state index contributed by atoms with van der Waals surface area (Å²) in [4.78, 5) is 27.7. The largest absolute Gasteiger partial charge is 0.463 e. The zero-order valence-corrected chi connectivity index (χ0v) is 25.9. The molecule has 4 atom stereocenters. The quantitative estimate of drug-likeness (QED) is 0.329. The number of ether oxygens (including phenoxy) is 1. The summed E-state index contributed by atoms with van der Waals surface area (Å²) in [5, 5.41) is 13.6. The molecule has 4 aliphatic heterocycles. The van der Waals surface area contributed by atoms with Gasteiger partial charge in [-0.2, -0.15) is 28.2 Å². The number of nitrogens with zero attached hydrogens (tertiary/aromatic N) is 5. The lowest BCUT2D eigenvalue weighted by molar-refractivity contribution is -0.138. The zero-order chi connectivity index (χ0) is 32.0. The molecule has 3 N–H and O–H groups in total. The van der Waals surface area contributed by atoms with Crippen molar-refractivity contribution in [3.8, 4) is 6.01 Å². The molecule has 1 amide bonds. The first-order valence-electron chi connectivity index (χ1n) is 16.2. The van der Waals surface area contributed by atoms with Crippen LogP contribution >= 0.6 is 0 Å². The maximum absolute atomic E-state index is 14.5. The number of anilines is 1. The number of aromatic nitrogens is 4. The lowest BCUT2D eigenvalue weighted by atomic mass is 9.87. The van der Waals surface area contributed by atoms with Crippen LogP contribution < -0.4 is 20.3 Å². The second-order valence-corrected chi connectivity index (χ2v) is 14.4. The molecule has 5 aliphatic rings. The number of alkyl halides is 4. The van der Waals surface area contributed by atoms with Crippen LogP contribution in [0.1, 0.15) is 77.8 Å². The molecule has 2 aromatic heterocycles. The van der Waals surface area contributed by atoms with Gasteiger partial charge in [0, 0.05) is 61.5 Å². The number of hydrogen-bond donors (Lipinski definition) is 3. The van der Waals surface area contributed by atoms with Crippen molar-refractivity contribution in [1.82, 2.24) is 35.7 Å². The number of amides is 1. The number of rotatable bonds is 7. The molecule has 0 radical (unpaired) electrons. The minimum atomic E-state index is -4.65. The van der Waals surface area contributed by atoms with Gasteiger partial charge >= 0.3 is 12.2 Å². The third kappa shape index (κ3) is 5.26. The third-order valence-electron chi connectivity index (χ3n) is 10.6. The molecule has 1 saturated carbocycles. The summed E-state index contributed by atoms with van der Waals surface area (Å²) in [5.41, 5.74) is 0.0904. The molecule has 8 rings (SSSR count). The molecule has 1 aromatic carbocycles. The normalized spacial score (nSPS) is 28.9. The van der Waals surface area contributed by atoms with E-state index in [-0.39, 0.29) is 46.1 Å². The van der Waals surface area contributed by atoms with Crippen LogP contribution in [0.5, 0.6) is 6.01 Å². The van der Waals surface area contributed by atoms with Crippen molar-refractivity contribution in [3.63, 3.8) is 0 Å². The van der Waals surface area contributed by atoms with Crippen molar-refractivity contribution in [3.05, 3.63) is 40.2 Å². The third-order valence-corrected chi connectivity index (χ3v) is 10.6. The average molecular weight is 643 g/mol. The van der Waals surface area contributed by atoms with Crippen molar-refractivity contribution >= 4 is 22.6 Å². The molecular formula is C32H38F4N8O2. The summed E-state index contributed by atoms with van der Waals surface area (Å²) < 4.78 is 63.7. The number of aromatic amines is 1. The molecule has 46 heavy (non-hydrogen) atoms. The molecule has 246 valence electrons. The van der Waals surface area contributed by atoms with Crippen molar-refractivity contribution in [2.75, 3.05) is 44.2 Å². The van der Waals surface area contributed by atoms with E-state index in [1.165, 1.54) is 19.2 Å². The van der Waals surface area contributed by atoms with Gasteiger partial charge in [-0.3, -0.25) is 14.8 Å². The first kappa shape index (κ1) is 29.9. The van der Waals surface area contributed by atoms with Crippen molar-refractivity contribution < 1.29 is 27.1 Å². The van der Waals surface area contributed by atoms with Crippen LogP contribution in [-0.2, 0) is 12.6 Å². The van der Waals surface area contributed by atoms with E-state index in [0.29, 0.717) is 55.1 Å². The molecule has 1 aliphatic carbocycles. The molecule has 4 fully saturated rings. The van der Waals surface area contributed by atoms with Crippen LogP contribution in [0.15, 0.2) is 12.3 Å². The van der Waals surface area contributed by atoms with Gasteiger partial charge in [0.15, 0.2) is 0 Å². The molecule has 2 bridgehead atoms. The molecular weight excluding hydrogens is 604 g/mol. The van der Waals surface area contributed by atoms with E-state index in [2.05, 4.69) is 37.6 Å². The van der Waals surface area contributed by atoms with Gasteiger partial charge in [0.1, 0.15) is 17.6 Å². The number of likely N-dealkylation sites (tertiary alicyclic amines) is 1. The fraction of sp³-hybridized carbons (Fsp3) is 0.625. The highest BCUT2D eigenvalue weighted by Crippen LogP contribution is 2.48. The maximum atomic E-state index is 14.5. The Kier molecular flexibility index (Phi) is 6.81. The number of carbonyl (C=O) groups excluding carboxylic acids is 1. The highest BCUT2D eigenvalue weighted by atomic mass is 19.4. The molecule has 2 unspecified atom stereocenters. The summed E-state index contributed by atoms with van der Waals surface area (Å²) in [6.07, 6.45) is 0.410. The standard InChI is InChI=1S/C32H38F4N8O2/c1-17-9-21-20(11-37-42-21)24(26(17)32(34,35)36)22-10-23-25(28(45)38-22)27(44-13-19-3-5-30(2,14-44)41-19)40-29(39-23)46-16-31(6-7-31)15-43-8-4-18(33)12-43/h9,11,18-19,22,41H,3-8,10,12-16H2,1-2H3,(H,37,42)(H,38,45)/t18-,19?,22?,30-/m1/s1. The molecule has 3 aromatic rings. The highest BCUT2D eigenvalue weighted by Gasteiger charge is 2.47. The van der Waals surface area contributed by atoms with Crippen molar-refractivity contribution in [2.45, 2.75) is 82.3 Å². The number of carbonyl (C=O) groups is 1. The Morgan fingerprint density at radius 3 is 2.70 bits per heavy atom. The number of piperazine rings is 1. The van der Waals surface area contributed by atoms with Crippen molar-refractivity contribution in [2.24, 2.45) is 5.41 Å². The maximum Gasteiger partial charge on any atom is 0.417 e. The Morgan fingerprint density at radius 1 is 1.15 bits per heavy atom. The van der Waals surface area contributed by atoms with Gasteiger partial charge in [-0.05, 0) is 63.1 Å². The number of fused-ring (bicyclic) bond motifs is 4. The molecule has 14 heteroatoms. The van der Waals surface area contributed by atoms with Gasteiger partial charge in [0.25, 0.3) is 5.91 Å². The van der Waals surface area contributed by atoms with Gasteiger partial charge in [0.05, 0.1) is 35.6 Å². The minimum absolute atomic E-state index is 0.0284. The van der Waals surface area contributed by atoms with E-state index in [0.717, 1.165) is 38.8 Å². The van der Waals surface area contributed by atoms with Crippen LogP contribution in [0.2, 0.25) is 0 Å². The minimum Gasteiger partial charge on any atom is -0.463 e. The van der Waals surface area contributed by atoms with Crippen LogP contribution in [-0.4, -0.2) is 88.1 Å². The summed E-state index contributed by atoms with van der Waals surface area (Å²) in [7, 11) is 0. The fourth-order valence-corrected chi connectivity index (χ4v) is 8.24. The summed E-state index contributed by atoms with van der Waals surface area (Å²) >= 11 is 0. The van der Waals surface area contributed by atoms with Crippen LogP contribution in [0.3, 0.4) is 0 Å². The lowest BCUT2D eigenvalue weighted by Gasteiger charge is -2.41. The fourth-order valence-electron chi connectivity index (χ4n) is 8.24. The Bertz CT molecular complexity index is 1710. The topological polar surface area (TPSA) is 111 Å². The molecule has 10 nitrogen and oxygen atoms in total. The van der Waals surface area contributed by atoms with E-state index < -0.39 is 29.9 Å².